The van der Waals surface area contributed by atoms with Gasteiger partial charge in [0.25, 0.3) is 0 Å². The highest BCUT2D eigenvalue weighted by atomic mass is 32.2. The SMILES string of the molecule is COc1cccc(CNc2ccc(S(C)(=O)=O)cc2C)c1. The minimum absolute atomic E-state index is 0.340. The van der Waals surface area contributed by atoms with Gasteiger partial charge in [-0.1, -0.05) is 12.1 Å². The Morgan fingerprint density at radius 3 is 2.52 bits per heavy atom. The Morgan fingerprint density at radius 1 is 1.14 bits per heavy atom. The third-order valence-electron chi connectivity index (χ3n) is 3.24. The molecular weight excluding hydrogens is 286 g/mol. The van der Waals surface area contributed by atoms with Gasteiger partial charge >= 0.3 is 0 Å². The van der Waals surface area contributed by atoms with Gasteiger partial charge in [-0.15, -0.1) is 0 Å². The van der Waals surface area contributed by atoms with E-state index in [1.54, 1.807) is 25.3 Å². The normalized spacial score (nSPS) is 11.2. The molecule has 0 aliphatic heterocycles. The third-order valence-corrected chi connectivity index (χ3v) is 4.35. The van der Waals surface area contributed by atoms with Crippen molar-refractivity contribution in [3.05, 3.63) is 53.6 Å². The van der Waals surface area contributed by atoms with Crippen LogP contribution in [0.3, 0.4) is 0 Å². The lowest BCUT2D eigenvalue weighted by Gasteiger charge is -2.11. The first-order valence-corrected chi connectivity index (χ1v) is 8.47. The Labute approximate surface area is 125 Å². The first-order valence-electron chi connectivity index (χ1n) is 6.57. The Balaban J connectivity index is 2.13. The van der Waals surface area contributed by atoms with Crippen LogP contribution >= 0.6 is 0 Å². The van der Waals surface area contributed by atoms with E-state index in [4.69, 9.17) is 4.74 Å². The molecule has 0 aliphatic rings. The Morgan fingerprint density at radius 2 is 1.90 bits per heavy atom. The molecule has 0 saturated carbocycles. The summed E-state index contributed by atoms with van der Waals surface area (Å²) in [5.74, 6) is 0.818. The third kappa shape index (κ3) is 3.98. The largest absolute Gasteiger partial charge is 0.497 e. The molecule has 0 heterocycles. The minimum Gasteiger partial charge on any atom is -0.497 e. The average molecular weight is 305 g/mol. The number of hydrogen-bond acceptors (Lipinski definition) is 4. The van der Waals surface area contributed by atoms with Crippen molar-refractivity contribution in [3.63, 3.8) is 0 Å². The van der Waals surface area contributed by atoms with Gasteiger partial charge in [0, 0.05) is 18.5 Å². The number of ether oxygens (including phenoxy) is 1. The van der Waals surface area contributed by atoms with Gasteiger partial charge in [-0.2, -0.15) is 0 Å². The molecule has 21 heavy (non-hydrogen) atoms. The monoisotopic (exact) mass is 305 g/mol. The second-order valence-electron chi connectivity index (χ2n) is 4.95. The molecule has 2 aromatic rings. The van der Waals surface area contributed by atoms with Gasteiger partial charge in [0.2, 0.25) is 0 Å². The van der Waals surface area contributed by atoms with Crippen LogP contribution in [0.1, 0.15) is 11.1 Å². The number of sulfone groups is 1. The first-order chi connectivity index (χ1) is 9.90. The van der Waals surface area contributed by atoms with Crippen molar-refractivity contribution in [1.82, 2.24) is 0 Å². The number of aryl methyl sites for hydroxylation is 1. The van der Waals surface area contributed by atoms with E-state index < -0.39 is 9.84 Å². The van der Waals surface area contributed by atoms with E-state index in [-0.39, 0.29) is 0 Å². The molecule has 112 valence electrons. The molecule has 4 nitrogen and oxygen atoms in total. The molecule has 0 aliphatic carbocycles. The fourth-order valence-electron chi connectivity index (χ4n) is 2.04. The lowest BCUT2D eigenvalue weighted by atomic mass is 10.1. The number of methoxy groups -OCH3 is 1. The van der Waals surface area contributed by atoms with E-state index in [1.165, 1.54) is 6.26 Å². The van der Waals surface area contributed by atoms with Gasteiger partial charge in [-0.05, 0) is 48.4 Å². The van der Waals surface area contributed by atoms with Crippen LogP contribution < -0.4 is 10.1 Å². The molecule has 0 radical (unpaired) electrons. The molecule has 0 fully saturated rings. The Hall–Kier alpha value is -2.01. The maximum atomic E-state index is 11.5. The summed E-state index contributed by atoms with van der Waals surface area (Å²) in [6.07, 6.45) is 1.21. The Kier molecular flexibility index (Phi) is 4.53. The van der Waals surface area contributed by atoms with Crippen LogP contribution in [0.4, 0.5) is 5.69 Å². The van der Waals surface area contributed by atoms with Crippen molar-refractivity contribution in [2.24, 2.45) is 0 Å². The number of nitrogens with one attached hydrogen (secondary N) is 1. The van der Waals surface area contributed by atoms with E-state index in [9.17, 15) is 8.42 Å². The summed E-state index contributed by atoms with van der Waals surface area (Å²) < 4.78 is 28.2. The lowest BCUT2D eigenvalue weighted by Crippen LogP contribution is -2.03. The average Bonchev–Trinajstić information content (AvgIpc) is 2.45. The van der Waals surface area contributed by atoms with Crippen molar-refractivity contribution in [3.8, 4) is 5.75 Å². The smallest absolute Gasteiger partial charge is 0.175 e. The number of hydrogen-bond donors (Lipinski definition) is 1. The topological polar surface area (TPSA) is 55.4 Å². The number of anilines is 1. The molecule has 0 unspecified atom stereocenters. The predicted octanol–water partition coefficient (Wildman–Crippen LogP) is 3.02. The molecule has 0 bridgehead atoms. The van der Waals surface area contributed by atoms with Gasteiger partial charge in [0.15, 0.2) is 9.84 Å². The second-order valence-corrected chi connectivity index (χ2v) is 6.97. The van der Waals surface area contributed by atoms with Crippen LogP contribution in [-0.2, 0) is 16.4 Å². The van der Waals surface area contributed by atoms with E-state index in [0.29, 0.717) is 11.4 Å². The molecule has 1 N–H and O–H groups in total. The van der Waals surface area contributed by atoms with Crippen LogP contribution in [0.2, 0.25) is 0 Å². The Bertz CT molecular complexity index is 739. The molecule has 0 atom stereocenters. The van der Waals surface area contributed by atoms with Crippen LogP contribution in [0.15, 0.2) is 47.4 Å². The van der Waals surface area contributed by atoms with Gasteiger partial charge < -0.3 is 10.1 Å². The molecule has 5 heteroatoms. The van der Waals surface area contributed by atoms with Crippen molar-refractivity contribution in [2.75, 3.05) is 18.7 Å². The summed E-state index contributed by atoms with van der Waals surface area (Å²) in [5, 5.41) is 3.31. The maximum Gasteiger partial charge on any atom is 0.175 e. The highest BCUT2D eigenvalue weighted by Gasteiger charge is 2.08. The molecule has 0 aromatic heterocycles. The summed E-state index contributed by atoms with van der Waals surface area (Å²) in [4.78, 5) is 0.340. The maximum absolute atomic E-state index is 11.5. The zero-order chi connectivity index (χ0) is 15.5. The molecule has 0 spiro atoms. The van der Waals surface area contributed by atoms with Crippen LogP contribution in [0.25, 0.3) is 0 Å². The summed E-state index contributed by atoms with van der Waals surface area (Å²) >= 11 is 0. The molecule has 0 amide bonds. The lowest BCUT2D eigenvalue weighted by molar-refractivity contribution is 0.414. The van der Waals surface area contributed by atoms with Gasteiger partial charge in [0.05, 0.1) is 12.0 Å². The van der Waals surface area contributed by atoms with E-state index >= 15 is 0 Å². The summed E-state index contributed by atoms with van der Waals surface area (Å²) in [6.45, 7) is 2.54. The van der Waals surface area contributed by atoms with E-state index in [2.05, 4.69) is 5.32 Å². The van der Waals surface area contributed by atoms with Crippen molar-refractivity contribution in [1.29, 1.82) is 0 Å². The predicted molar refractivity (Wildman–Crippen MR) is 84.6 cm³/mol. The molecule has 2 aromatic carbocycles. The fourth-order valence-corrected chi connectivity index (χ4v) is 2.75. The first kappa shape index (κ1) is 15.4. The van der Waals surface area contributed by atoms with Crippen LogP contribution in [-0.4, -0.2) is 21.8 Å². The van der Waals surface area contributed by atoms with Gasteiger partial charge in [-0.25, -0.2) is 8.42 Å². The van der Waals surface area contributed by atoms with Gasteiger partial charge in [-0.3, -0.25) is 0 Å². The van der Waals surface area contributed by atoms with Crippen molar-refractivity contribution >= 4 is 15.5 Å². The van der Waals surface area contributed by atoms with Gasteiger partial charge in [0.1, 0.15) is 5.75 Å². The van der Waals surface area contributed by atoms with Crippen molar-refractivity contribution in [2.45, 2.75) is 18.4 Å². The second kappa shape index (κ2) is 6.18. The summed E-state index contributed by atoms with van der Waals surface area (Å²) in [6, 6.07) is 12.9. The summed E-state index contributed by atoms with van der Waals surface area (Å²) in [5.41, 5.74) is 2.92. The minimum atomic E-state index is -3.16. The zero-order valence-electron chi connectivity index (χ0n) is 12.4. The fraction of sp³-hybridized carbons (Fsp3) is 0.250. The molecular formula is C16H19NO3S. The van der Waals surface area contributed by atoms with Crippen molar-refractivity contribution < 1.29 is 13.2 Å². The number of benzene rings is 2. The van der Waals surface area contributed by atoms with Crippen LogP contribution in [0.5, 0.6) is 5.75 Å². The molecule has 0 saturated heterocycles. The van der Waals surface area contributed by atoms with E-state index in [1.807, 2.05) is 31.2 Å². The zero-order valence-corrected chi connectivity index (χ0v) is 13.2. The quantitative estimate of drug-likeness (QED) is 0.922. The highest BCUT2D eigenvalue weighted by Crippen LogP contribution is 2.21. The molecule has 2 rings (SSSR count). The van der Waals surface area contributed by atoms with Crippen LogP contribution in [0, 0.1) is 6.92 Å². The van der Waals surface area contributed by atoms with E-state index in [0.717, 1.165) is 22.6 Å². The summed E-state index contributed by atoms with van der Waals surface area (Å²) in [7, 11) is -1.52. The highest BCUT2D eigenvalue weighted by molar-refractivity contribution is 7.90. The standard InChI is InChI=1S/C16H19NO3S/c1-12-9-15(21(3,18)19)7-8-16(12)17-11-13-5-4-6-14(10-13)20-2/h4-10,17H,11H2,1-3H3. The number of rotatable bonds is 5.